The van der Waals surface area contributed by atoms with Gasteiger partial charge in [-0.2, -0.15) is 0 Å². The summed E-state index contributed by atoms with van der Waals surface area (Å²) in [5.74, 6) is 0. The molecular weight excluding hydrogens is 192 g/mol. The summed E-state index contributed by atoms with van der Waals surface area (Å²) in [5, 5.41) is 12.1. The number of carbonyl (C=O) groups is 1. The molecule has 15 heavy (non-hydrogen) atoms. The highest BCUT2D eigenvalue weighted by molar-refractivity contribution is 5.74. The average molecular weight is 214 g/mol. The Labute approximate surface area is 91.6 Å². The van der Waals surface area contributed by atoms with Gasteiger partial charge in [0.2, 0.25) is 0 Å². The lowest BCUT2D eigenvalue weighted by Crippen LogP contribution is -2.47. The normalized spacial score (nSPS) is 22.3. The van der Waals surface area contributed by atoms with Crippen molar-refractivity contribution in [3.8, 4) is 0 Å². The maximum Gasteiger partial charge on any atom is 0.317 e. The van der Waals surface area contributed by atoms with E-state index in [-0.39, 0.29) is 18.7 Å². The van der Waals surface area contributed by atoms with E-state index in [4.69, 9.17) is 0 Å². The first-order valence-corrected chi connectivity index (χ1v) is 5.95. The van der Waals surface area contributed by atoms with Gasteiger partial charge in [-0.15, -0.1) is 0 Å². The Morgan fingerprint density at radius 2 is 2.27 bits per heavy atom. The van der Waals surface area contributed by atoms with Crippen molar-refractivity contribution >= 4 is 6.03 Å². The number of hydrogen-bond acceptors (Lipinski definition) is 2. The minimum atomic E-state index is -0.0159. The molecule has 1 atom stereocenters. The molecule has 1 heterocycles. The molecule has 2 amide bonds. The molecule has 1 unspecified atom stereocenters. The van der Waals surface area contributed by atoms with E-state index >= 15 is 0 Å². The van der Waals surface area contributed by atoms with Gasteiger partial charge in [-0.05, 0) is 19.3 Å². The Kier molecular flexibility index (Phi) is 5.47. The summed E-state index contributed by atoms with van der Waals surface area (Å²) in [5.41, 5.74) is 0. The zero-order valence-electron chi connectivity index (χ0n) is 9.54. The smallest absolute Gasteiger partial charge is 0.317 e. The Balaban J connectivity index is 2.49. The van der Waals surface area contributed by atoms with Crippen LogP contribution in [0.5, 0.6) is 0 Å². The second-order valence-corrected chi connectivity index (χ2v) is 4.11. The van der Waals surface area contributed by atoms with Crippen molar-refractivity contribution < 1.29 is 9.90 Å². The van der Waals surface area contributed by atoms with Crippen molar-refractivity contribution in [3.63, 3.8) is 0 Å². The summed E-state index contributed by atoms with van der Waals surface area (Å²) in [6.07, 6.45) is 5.20. The maximum atomic E-state index is 11.8. The van der Waals surface area contributed by atoms with Gasteiger partial charge in [0.25, 0.3) is 0 Å². The van der Waals surface area contributed by atoms with E-state index in [1.807, 2.05) is 6.92 Å². The largest absolute Gasteiger partial charge is 0.394 e. The molecule has 0 aliphatic carbocycles. The summed E-state index contributed by atoms with van der Waals surface area (Å²) < 4.78 is 0. The monoisotopic (exact) mass is 214 g/mol. The van der Waals surface area contributed by atoms with Crippen LogP contribution in [0.25, 0.3) is 0 Å². The third kappa shape index (κ3) is 3.70. The second kappa shape index (κ2) is 6.67. The first-order chi connectivity index (χ1) is 7.29. The van der Waals surface area contributed by atoms with E-state index in [9.17, 15) is 9.90 Å². The predicted octanol–water partition coefficient (Wildman–Crippen LogP) is 1.34. The quantitative estimate of drug-likeness (QED) is 0.745. The zero-order valence-corrected chi connectivity index (χ0v) is 9.54. The van der Waals surface area contributed by atoms with Crippen LogP contribution >= 0.6 is 0 Å². The van der Waals surface area contributed by atoms with Crippen molar-refractivity contribution in [3.05, 3.63) is 0 Å². The molecule has 0 radical (unpaired) electrons. The Morgan fingerprint density at radius 3 is 2.93 bits per heavy atom. The third-order valence-corrected chi connectivity index (χ3v) is 2.87. The summed E-state index contributed by atoms with van der Waals surface area (Å²) in [6, 6.07) is 0.00200. The highest BCUT2D eigenvalue weighted by Crippen LogP contribution is 2.16. The lowest BCUT2D eigenvalue weighted by Gasteiger charge is -2.28. The number of amides is 2. The van der Waals surface area contributed by atoms with Crippen LogP contribution in [-0.2, 0) is 0 Å². The molecular formula is C11H22N2O2. The van der Waals surface area contributed by atoms with Crippen LogP contribution in [0.1, 0.15) is 39.0 Å². The molecule has 0 aromatic rings. The van der Waals surface area contributed by atoms with Gasteiger partial charge in [-0.25, -0.2) is 4.79 Å². The van der Waals surface area contributed by atoms with Crippen molar-refractivity contribution in [1.82, 2.24) is 10.2 Å². The van der Waals surface area contributed by atoms with Gasteiger partial charge in [0, 0.05) is 13.1 Å². The fourth-order valence-corrected chi connectivity index (χ4v) is 1.97. The lowest BCUT2D eigenvalue weighted by molar-refractivity contribution is 0.134. The minimum Gasteiger partial charge on any atom is -0.394 e. The summed E-state index contributed by atoms with van der Waals surface area (Å²) >= 11 is 0. The van der Waals surface area contributed by atoms with E-state index in [1.165, 1.54) is 0 Å². The molecule has 0 saturated carbocycles. The number of carbonyl (C=O) groups excluding carboxylic acids is 1. The zero-order chi connectivity index (χ0) is 11.1. The molecule has 1 saturated heterocycles. The summed E-state index contributed by atoms with van der Waals surface area (Å²) in [6.45, 7) is 3.61. The second-order valence-electron chi connectivity index (χ2n) is 4.11. The number of rotatable bonds is 3. The Morgan fingerprint density at radius 1 is 1.47 bits per heavy atom. The molecule has 0 spiro atoms. The molecule has 1 fully saturated rings. The van der Waals surface area contributed by atoms with E-state index in [2.05, 4.69) is 5.32 Å². The van der Waals surface area contributed by atoms with Gasteiger partial charge < -0.3 is 15.3 Å². The molecule has 0 aromatic carbocycles. The Hall–Kier alpha value is -0.770. The van der Waals surface area contributed by atoms with Crippen LogP contribution < -0.4 is 5.32 Å². The van der Waals surface area contributed by atoms with Gasteiger partial charge in [-0.3, -0.25) is 0 Å². The third-order valence-electron chi connectivity index (χ3n) is 2.87. The topological polar surface area (TPSA) is 52.6 Å². The van der Waals surface area contributed by atoms with Crippen molar-refractivity contribution in [2.24, 2.45) is 0 Å². The number of aliphatic hydroxyl groups excluding tert-OH is 1. The van der Waals surface area contributed by atoms with Crippen molar-refractivity contribution in [2.75, 3.05) is 19.7 Å². The minimum absolute atomic E-state index is 0.0159. The van der Waals surface area contributed by atoms with E-state index in [1.54, 1.807) is 4.90 Å². The number of nitrogens with zero attached hydrogens (tertiary/aromatic N) is 1. The van der Waals surface area contributed by atoms with Crippen LogP contribution in [0.4, 0.5) is 4.79 Å². The average Bonchev–Trinajstić information content (AvgIpc) is 2.50. The molecule has 1 rings (SSSR count). The van der Waals surface area contributed by atoms with Crippen molar-refractivity contribution in [2.45, 2.75) is 45.1 Å². The molecule has 88 valence electrons. The van der Waals surface area contributed by atoms with Gasteiger partial charge in [0.15, 0.2) is 0 Å². The van der Waals surface area contributed by atoms with Crippen LogP contribution in [0.2, 0.25) is 0 Å². The van der Waals surface area contributed by atoms with Crippen LogP contribution in [0.15, 0.2) is 0 Å². The van der Waals surface area contributed by atoms with Gasteiger partial charge >= 0.3 is 6.03 Å². The molecule has 0 aromatic heterocycles. The van der Waals surface area contributed by atoms with Crippen LogP contribution in [-0.4, -0.2) is 41.8 Å². The molecule has 1 aliphatic heterocycles. The number of nitrogens with one attached hydrogen (secondary N) is 1. The number of aliphatic hydroxyl groups is 1. The molecule has 2 N–H and O–H groups in total. The first kappa shape index (κ1) is 12.3. The SMILES string of the molecule is CCCNC(=O)N1CCCCCC1CO. The molecule has 0 bridgehead atoms. The first-order valence-electron chi connectivity index (χ1n) is 5.95. The van der Waals surface area contributed by atoms with Gasteiger partial charge in [0.1, 0.15) is 0 Å². The standard InChI is InChI=1S/C11H22N2O2/c1-2-7-12-11(15)13-8-5-3-4-6-10(13)9-14/h10,14H,2-9H2,1H3,(H,12,15). The fourth-order valence-electron chi connectivity index (χ4n) is 1.97. The molecule has 4 heteroatoms. The number of hydrogen-bond donors (Lipinski definition) is 2. The van der Waals surface area contributed by atoms with E-state index in [0.29, 0.717) is 6.54 Å². The van der Waals surface area contributed by atoms with Crippen LogP contribution in [0.3, 0.4) is 0 Å². The number of likely N-dealkylation sites (tertiary alicyclic amines) is 1. The van der Waals surface area contributed by atoms with Gasteiger partial charge in [0.05, 0.1) is 12.6 Å². The fraction of sp³-hybridized carbons (Fsp3) is 0.909. The van der Waals surface area contributed by atoms with E-state index < -0.39 is 0 Å². The molecule has 1 aliphatic rings. The highest BCUT2D eigenvalue weighted by Gasteiger charge is 2.24. The Bertz CT molecular complexity index is 197. The van der Waals surface area contributed by atoms with Gasteiger partial charge in [-0.1, -0.05) is 19.8 Å². The number of urea groups is 1. The molecule has 4 nitrogen and oxygen atoms in total. The van der Waals surface area contributed by atoms with E-state index in [0.717, 1.165) is 38.6 Å². The summed E-state index contributed by atoms with van der Waals surface area (Å²) in [4.78, 5) is 13.6. The summed E-state index contributed by atoms with van der Waals surface area (Å²) in [7, 11) is 0. The highest BCUT2D eigenvalue weighted by atomic mass is 16.3. The van der Waals surface area contributed by atoms with Crippen LogP contribution in [0, 0.1) is 0 Å². The lowest BCUT2D eigenvalue weighted by atomic mass is 10.1. The maximum absolute atomic E-state index is 11.8. The predicted molar refractivity (Wildman–Crippen MR) is 59.7 cm³/mol. The van der Waals surface area contributed by atoms with Crippen molar-refractivity contribution in [1.29, 1.82) is 0 Å².